The lowest BCUT2D eigenvalue weighted by Crippen LogP contribution is -2.44. The van der Waals surface area contributed by atoms with E-state index in [4.69, 9.17) is 27.9 Å². The molecule has 1 unspecified atom stereocenters. The minimum absolute atomic E-state index is 0.110. The van der Waals surface area contributed by atoms with E-state index in [1.807, 2.05) is 12.1 Å². The third-order valence-electron chi connectivity index (χ3n) is 4.28. The molecule has 21 heavy (non-hydrogen) atoms. The molecule has 2 rings (SSSR count). The van der Waals surface area contributed by atoms with Crippen LogP contribution in [0.4, 0.5) is 0 Å². The number of hydrogen-bond donors (Lipinski definition) is 1. The topological polar surface area (TPSA) is 21.3 Å². The second kappa shape index (κ2) is 7.82. The third-order valence-corrected chi connectivity index (χ3v) is 5.02. The van der Waals surface area contributed by atoms with Crippen LogP contribution in [0.5, 0.6) is 0 Å². The van der Waals surface area contributed by atoms with Crippen molar-refractivity contribution in [2.75, 3.05) is 13.2 Å². The van der Waals surface area contributed by atoms with Crippen molar-refractivity contribution in [1.29, 1.82) is 0 Å². The summed E-state index contributed by atoms with van der Waals surface area (Å²) in [5, 5.41) is 4.89. The van der Waals surface area contributed by atoms with Crippen LogP contribution in [0, 0.1) is 0 Å². The number of nitrogens with one attached hydrogen (secondary N) is 1. The van der Waals surface area contributed by atoms with Crippen molar-refractivity contribution in [3.05, 3.63) is 33.8 Å². The molecule has 1 N–H and O–H groups in total. The summed E-state index contributed by atoms with van der Waals surface area (Å²) in [5.74, 6) is 0. The van der Waals surface area contributed by atoms with Crippen LogP contribution in [-0.4, -0.2) is 18.8 Å². The Morgan fingerprint density at radius 2 is 1.90 bits per heavy atom. The van der Waals surface area contributed by atoms with E-state index in [-0.39, 0.29) is 11.6 Å². The fourth-order valence-electron chi connectivity index (χ4n) is 3.37. The molecular formula is C17H25Cl2NO. The van der Waals surface area contributed by atoms with Gasteiger partial charge in [-0.1, -0.05) is 49.0 Å². The largest absolute Gasteiger partial charge is 0.373 e. The van der Waals surface area contributed by atoms with E-state index in [0.29, 0.717) is 10.0 Å². The van der Waals surface area contributed by atoms with Gasteiger partial charge in [0.15, 0.2) is 0 Å². The summed E-state index contributed by atoms with van der Waals surface area (Å²) in [6, 6.07) is 6.11. The van der Waals surface area contributed by atoms with Crippen molar-refractivity contribution in [2.45, 2.75) is 57.6 Å². The molecule has 0 aromatic heterocycles. The smallest absolute Gasteiger partial charge is 0.0876 e. The molecule has 0 radical (unpaired) electrons. The molecule has 1 atom stereocenters. The van der Waals surface area contributed by atoms with Crippen LogP contribution in [0.3, 0.4) is 0 Å². The van der Waals surface area contributed by atoms with Gasteiger partial charge in [-0.3, -0.25) is 0 Å². The lowest BCUT2D eigenvalue weighted by atomic mass is 9.86. The lowest BCUT2D eigenvalue weighted by Gasteiger charge is -2.38. The first-order valence-electron chi connectivity index (χ1n) is 7.95. The number of benzene rings is 1. The van der Waals surface area contributed by atoms with Crippen LogP contribution in [0.25, 0.3) is 0 Å². The summed E-state index contributed by atoms with van der Waals surface area (Å²) < 4.78 is 6.24. The second-order valence-corrected chi connectivity index (χ2v) is 6.58. The van der Waals surface area contributed by atoms with Crippen molar-refractivity contribution >= 4 is 23.2 Å². The zero-order chi connectivity index (χ0) is 15.3. The zero-order valence-corrected chi connectivity index (χ0v) is 14.4. The van der Waals surface area contributed by atoms with Gasteiger partial charge in [0.1, 0.15) is 0 Å². The van der Waals surface area contributed by atoms with Crippen molar-refractivity contribution in [3.8, 4) is 0 Å². The normalized spacial score (nSPS) is 18.9. The molecule has 0 aliphatic heterocycles. The molecule has 1 aliphatic carbocycles. The molecule has 4 heteroatoms. The van der Waals surface area contributed by atoms with E-state index in [1.165, 1.54) is 18.4 Å². The average molecular weight is 330 g/mol. The van der Waals surface area contributed by atoms with Gasteiger partial charge in [-0.2, -0.15) is 0 Å². The van der Waals surface area contributed by atoms with Gasteiger partial charge in [-0.25, -0.2) is 0 Å². The highest BCUT2D eigenvalue weighted by Crippen LogP contribution is 2.43. The van der Waals surface area contributed by atoms with Crippen LogP contribution in [0.2, 0.25) is 10.0 Å². The Kier molecular flexibility index (Phi) is 6.36. The maximum Gasteiger partial charge on any atom is 0.0876 e. The van der Waals surface area contributed by atoms with Gasteiger partial charge in [-0.05, 0) is 50.4 Å². The van der Waals surface area contributed by atoms with Gasteiger partial charge in [-0.15, -0.1) is 0 Å². The van der Waals surface area contributed by atoms with E-state index in [2.05, 4.69) is 25.2 Å². The van der Waals surface area contributed by atoms with E-state index in [0.717, 1.165) is 32.4 Å². The Morgan fingerprint density at radius 3 is 2.48 bits per heavy atom. The predicted molar refractivity (Wildman–Crippen MR) is 90.3 cm³/mol. The Hall–Kier alpha value is -0.280. The summed E-state index contributed by atoms with van der Waals surface area (Å²) in [5.41, 5.74) is 1.06. The molecule has 1 saturated carbocycles. The van der Waals surface area contributed by atoms with Gasteiger partial charge in [0.2, 0.25) is 0 Å². The fraction of sp³-hybridized carbons (Fsp3) is 0.647. The summed E-state index contributed by atoms with van der Waals surface area (Å²) >= 11 is 12.3. The minimum atomic E-state index is -0.110. The summed E-state index contributed by atoms with van der Waals surface area (Å²) in [7, 11) is 0. The Morgan fingerprint density at radius 1 is 1.19 bits per heavy atom. The van der Waals surface area contributed by atoms with E-state index < -0.39 is 0 Å². The zero-order valence-electron chi connectivity index (χ0n) is 12.9. The van der Waals surface area contributed by atoms with Gasteiger partial charge in [0.25, 0.3) is 0 Å². The molecule has 2 nitrogen and oxygen atoms in total. The van der Waals surface area contributed by atoms with Crippen LogP contribution in [0.15, 0.2) is 18.2 Å². The Labute approximate surface area is 138 Å². The van der Waals surface area contributed by atoms with Crippen molar-refractivity contribution in [2.24, 2.45) is 0 Å². The average Bonchev–Trinajstić information content (AvgIpc) is 2.93. The molecular weight excluding hydrogens is 305 g/mol. The van der Waals surface area contributed by atoms with Crippen LogP contribution < -0.4 is 5.32 Å². The van der Waals surface area contributed by atoms with E-state index in [9.17, 15) is 0 Å². The molecule has 0 amide bonds. The SMILES string of the molecule is CCCNC(c1ccc(Cl)c(Cl)c1)C1(OCC)CCCC1. The van der Waals surface area contributed by atoms with E-state index >= 15 is 0 Å². The molecule has 1 aliphatic rings. The molecule has 1 aromatic carbocycles. The second-order valence-electron chi connectivity index (χ2n) is 5.77. The Balaban J connectivity index is 2.33. The number of rotatable bonds is 7. The monoisotopic (exact) mass is 329 g/mol. The quantitative estimate of drug-likeness (QED) is 0.724. The van der Waals surface area contributed by atoms with Crippen LogP contribution in [0.1, 0.15) is 57.6 Å². The van der Waals surface area contributed by atoms with Crippen molar-refractivity contribution in [1.82, 2.24) is 5.32 Å². The summed E-state index contributed by atoms with van der Waals surface area (Å²) in [6.45, 7) is 5.97. The first-order chi connectivity index (χ1) is 10.1. The van der Waals surface area contributed by atoms with Crippen molar-refractivity contribution < 1.29 is 4.74 Å². The highest BCUT2D eigenvalue weighted by molar-refractivity contribution is 6.42. The van der Waals surface area contributed by atoms with Crippen LogP contribution >= 0.6 is 23.2 Å². The maximum absolute atomic E-state index is 6.24. The first kappa shape index (κ1) is 17.1. The highest BCUT2D eigenvalue weighted by Gasteiger charge is 2.42. The number of hydrogen-bond acceptors (Lipinski definition) is 2. The molecule has 0 heterocycles. The standard InChI is InChI=1S/C17H25Cl2NO/c1-3-11-20-16(13-7-8-14(18)15(19)12-13)17(21-4-2)9-5-6-10-17/h7-8,12,16,20H,3-6,9-11H2,1-2H3. The molecule has 1 fully saturated rings. The highest BCUT2D eigenvalue weighted by atomic mass is 35.5. The molecule has 0 spiro atoms. The predicted octanol–water partition coefficient (Wildman–Crippen LogP) is 5.38. The third kappa shape index (κ3) is 3.92. The maximum atomic E-state index is 6.24. The lowest BCUT2D eigenvalue weighted by molar-refractivity contribution is -0.0626. The minimum Gasteiger partial charge on any atom is -0.373 e. The van der Waals surface area contributed by atoms with Gasteiger partial charge in [0.05, 0.1) is 21.7 Å². The number of halogens is 2. The van der Waals surface area contributed by atoms with Gasteiger partial charge >= 0.3 is 0 Å². The summed E-state index contributed by atoms with van der Waals surface area (Å²) in [6.07, 6.45) is 5.75. The van der Waals surface area contributed by atoms with E-state index in [1.54, 1.807) is 0 Å². The first-order valence-corrected chi connectivity index (χ1v) is 8.71. The van der Waals surface area contributed by atoms with Gasteiger partial charge in [0, 0.05) is 6.61 Å². The fourth-order valence-corrected chi connectivity index (χ4v) is 3.67. The Bertz CT molecular complexity index is 458. The molecule has 0 bridgehead atoms. The molecule has 0 saturated heterocycles. The summed E-state index contributed by atoms with van der Waals surface area (Å²) in [4.78, 5) is 0. The molecule has 1 aromatic rings. The van der Waals surface area contributed by atoms with Gasteiger partial charge < -0.3 is 10.1 Å². The van der Waals surface area contributed by atoms with Crippen LogP contribution in [-0.2, 0) is 4.74 Å². The number of ether oxygens (including phenoxy) is 1. The van der Waals surface area contributed by atoms with Crippen molar-refractivity contribution in [3.63, 3.8) is 0 Å². The molecule has 118 valence electrons.